The molecule has 0 aliphatic heterocycles. The van der Waals surface area contributed by atoms with Gasteiger partial charge >= 0.3 is 0 Å². The highest BCUT2D eigenvalue weighted by Crippen LogP contribution is 2.25. The average molecular weight is 324 g/mol. The quantitative estimate of drug-likeness (QED) is 0.772. The van der Waals surface area contributed by atoms with Crippen LogP contribution in [-0.2, 0) is 6.54 Å². The number of aryl methyl sites for hydroxylation is 2. The van der Waals surface area contributed by atoms with Crippen molar-refractivity contribution in [3.8, 4) is 5.75 Å². The lowest BCUT2D eigenvalue weighted by Crippen LogP contribution is -2.20. The summed E-state index contributed by atoms with van der Waals surface area (Å²) in [6.45, 7) is 6.06. The Bertz CT molecular complexity index is 590. The van der Waals surface area contributed by atoms with E-state index < -0.39 is 0 Å². The van der Waals surface area contributed by atoms with Gasteiger partial charge in [-0.05, 0) is 48.7 Å². The van der Waals surface area contributed by atoms with Gasteiger partial charge in [0.2, 0.25) is 0 Å². The average Bonchev–Trinajstić information content (AvgIpc) is 2.46. The van der Waals surface area contributed by atoms with Crippen LogP contribution in [0.3, 0.4) is 0 Å². The smallest absolute Gasteiger partial charge is 0.119 e. The van der Waals surface area contributed by atoms with E-state index in [4.69, 9.17) is 27.9 Å². The number of rotatable bonds is 6. The third-order valence-corrected chi connectivity index (χ3v) is 4.20. The number of benzene rings is 2. The van der Waals surface area contributed by atoms with Crippen LogP contribution < -0.4 is 10.1 Å². The van der Waals surface area contributed by atoms with Crippen LogP contribution in [0.25, 0.3) is 0 Å². The molecule has 0 bridgehead atoms. The Morgan fingerprint density at radius 1 is 1.05 bits per heavy atom. The summed E-state index contributed by atoms with van der Waals surface area (Å²) in [7, 11) is 0. The van der Waals surface area contributed by atoms with Gasteiger partial charge in [0, 0.05) is 23.1 Å². The van der Waals surface area contributed by atoms with Crippen LogP contribution in [-0.4, -0.2) is 13.2 Å². The molecule has 0 aliphatic rings. The van der Waals surface area contributed by atoms with Gasteiger partial charge in [0.1, 0.15) is 12.4 Å². The van der Waals surface area contributed by atoms with E-state index in [1.165, 1.54) is 0 Å². The molecule has 4 heteroatoms. The Morgan fingerprint density at radius 3 is 2.38 bits per heavy atom. The van der Waals surface area contributed by atoms with Crippen molar-refractivity contribution in [3.05, 3.63) is 63.1 Å². The summed E-state index contributed by atoms with van der Waals surface area (Å²) in [5.41, 5.74) is 3.17. The largest absolute Gasteiger partial charge is 0.492 e. The molecule has 21 heavy (non-hydrogen) atoms. The molecule has 0 aromatic heterocycles. The molecule has 0 atom stereocenters. The normalized spacial score (nSPS) is 10.7. The summed E-state index contributed by atoms with van der Waals surface area (Å²) >= 11 is 12.2. The fourth-order valence-electron chi connectivity index (χ4n) is 2.10. The molecule has 0 unspecified atom stereocenters. The molecule has 0 heterocycles. The number of ether oxygens (including phenoxy) is 1. The second kappa shape index (κ2) is 7.69. The topological polar surface area (TPSA) is 21.3 Å². The first-order valence-corrected chi connectivity index (χ1v) is 7.67. The predicted molar refractivity (Wildman–Crippen MR) is 89.6 cm³/mol. The Labute approximate surface area is 136 Å². The molecule has 0 saturated carbocycles. The molecule has 0 radical (unpaired) electrons. The van der Waals surface area contributed by atoms with Gasteiger partial charge in [-0.1, -0.05) is 41.4 Å². The first-order chi connectivity index (χ1) is 10.1. The standard InChI is InChI=1S/C17H19Cl2NO/c1-12-9-15(10-13(2)17(12)19)21-8-7-20-11-14-5-3-4-6-16(14)18/h3-6,9-10,20H,7-8,11H2,1-2H3. The zero-order valence-corrected chi connectivity index (χ0v) is 13.8. The van der Waals surface area contributed by atoms with Crippen LogP contribution in [0.5, 0.6) is 5.75 Å². The molecular formula is C17H19Cl2NO. The van der Waals surface area contributed by atoms with Crippen LogP contribution in [0, 0.1) is 13.8 Å². The highest BCUT2D eigenvalue weighted by atomic mass is 35.5. The number of nitrogens with one attached hydrogen (secondary N) is 1. The van der Waals surface area contributed by atoms with E-state index in [1.807, 2.05) is 50.2 Å². The minimum absolute atomic E-state index is 0.602. The van der Waals surface area contributed by atoms with Crippen molar-refractivity contribution < 1.29 is 4.74 Å². The van der Waals surface area contributed by atoms with Crippen molar-refractivity contribution in [1.82, 2.24) is 5.32 Å². The summed E-state index contributed by atoms with van der Waals surface area (Å²) < 4.78 is 5.74. The van der Waals surface area contributed by atoms with Gasteiger partial charge in [-0.15, -0.1) is 0 Å². The maximum atomic E-state index is 6.14. The van der Waals surface area contributed by atoms with Crippen molar-refractivity contribution in [2.75, 3.05) is 13.2 Å². The molecule has 0 spiro atoms. The molecule has 2 rings (SSSR count). The van der Waals surface area contributed by atoms with Gasteiger partial charge in [0.25, 0.3) is 0 Å². The fourth-order valence-corrected chi connectivity index (χ4v) is 2.41. The Hall–Kier alpha value is -1.22. The highest BCUT2D eigenvalue weighted by Gasteiger charge is 2.03. The van der Waals surface area contributed by atoms with E-state index in [0.717, 1.165) is 45.6 Å². The van der Waals surface area contributed by atoms with Gasteiger partial charge in [0.05, 0.1) is 0 Å². The molecule has 112 valence electrons. The SMILES string of the molecule is Cc1cc(OCCNCc2ccccc2Cl)cc(C)c1Cl. The fraction of sp³-hybridized carbons (Fsp3) is 0.294. The Kier molecular flexibility index (Phi) is 5.92. The van der Waals surface area contributed by atoms with Crippen LogP contribution >= 0.6 is 23.2 Å². The van der Waals surface area contributed by atoms with Crippen LogP contribution in [0.15, 0.2) is 36.4 Å². The van der Waals surface area contributed by atoms with Crippen LogP contribution in [0.4, 0.5) is 0 Å². The van der Waals surface area contributed by atoms with Gasteiger partial charge in [-0.2, -0.15) is 0 Å². The zero-order valence-electron chi connectivity index (χ0n) is 12.2. The molecule has 2 aromatic carbocycles. The summed E-state index contributed by atoms with van der Waals surface area (Å²) in [4.78, 5) is 0. The molecule has 2 aromatic rings. The molecular weight excluding hydrogens is 305 g/mol. The van der Waals surface area contributed by atoms with E-state index >= 15 is 0 Å². The van der Waals surface area contributed by atoms with Crippen molar-refractivity contribution in [1.29, 1.82) is 0 Å². The lowest BCUT2D eigenvalue weighted by molar-refractivity contribution is 0.313. The van der Waals surface area contributed by atoms with E-state index in [0.29, 0.717) is 6.61 Å². The first kappa shape index (κ1) is 16.2. The minimum Gasteiger partial charge on any atom is -0.492 e. The van der Waals surface area contributed by atoms with Crippen molar-refractivity contribution >= 4 is 23.2 Å². The van der Waals surface area contributed by atoms with Gasteiger partial charge in [-0.3, -0.25) is 0 Å². The molecule has 0 saturated heterocycles. The third kappa shape index (κ3) is 4.63. The van der Waals surface area contributed by atoms with Gasteiger partial charge in [-0.25, -0.2) is 0 Å². The zero-order chi connectivity index (χ0) is 15.2. The maximum absolute atomic E-state index is 6.14. The first-order valence-electron chi connectivity index (χ1n) is 6.91. The highest BCUT2D eigenvalue weighted by molar-refractivity contribution is 6.32. The second-order valence-electron chi connectivity index (χ2n) is 4.99. The number of hydrogen-bond donors (Lipinski definition) is 1. The van der Waals surface area contributed by atoms with Crippen molar-refractivity contribution in [2.45, 2.75) is 20.4 Å². The maximum Gasteiger partial charge on any atom is 0.119 e. The number of hydrogen-bond acceptors (Lipinski definition) is 2. The lowest BCUT2D eigenvalue weighted by Gasteiger charge is -2.11. The number of halogens is 2. The van der Waals surface area contributed by atoms with Gasteiger partial charge < -0.3 is 10.1 Å². The summed E-state index contributed by atoms with van der Waals surface area (Å²) in [5, 5.41) is 4.91. The van der Waals surface area contributed by atoms with Crippen LogP contribution in [0.1, 0.15) is 16.7 Å². The second-order valence-corrected chi connectivity index (χ2v) is 5.77. The summed E-state index contributed by atoms with van der Waals surface area (Å²) in [6, 6.07) is 11.8. The predicted octanol–water partition coefficient (Wildman–Crippen LogP) is 4.78. The van der Waals surface area contributed by atoms with Crippen LogP contribution in [0.2, 0.25) is 10.0 Å². The van der Waals surface area contributed by atoms with E-state index in [1.54, 1.807) is 0 Å². The molecule has 1 N–H and O–H groups in total. The molecule has 0 aliphatic carbocycles. The summed E-state index contributed by atoms with van der Waals surface area (Å²) in [6.07, 6.45) is 0. The molecule has 0 fully saturated rings. The Morgan fingerprint density at radius 2 is 1.71 bits per heavy atom. The van der Waals surface area contributed by atoms with E-state index in [2.05, 4.69) is 5.32 Å². The van der Waals surface area contributed by atoms with Crippen molar-refractivity contribution in [3.63, 3.8) is 0 Å². The van der Waals surface area contributed by atoms with Crippen molar-refractivity contribution in [2.24, 2.45) is 0 Å². The Balaban J connectivity index is 1.77. The molecule has 0 amide bonds. The monoisotopic (exact) mass is 323 g/mol. The van der Waals surface area contributed by atoms with Gasteiger partial charge in [0.15, 0.2) is 0 Å². The summed E-state index contributed by atoms with van der Waals surface area (Å²) in [5.74, 6) is 0.856. The lowest BCUT2D eigenvalue weighted by atomic mass is 10.1. The minimum atomic E-state index is 0.602. The van der Waals surface area contributed by atoms with E-state index in [9.17, 15) is 0 Å². The third-order valence-electron chi connectivity index (χ3n) is 3.23. The van der Waals surface area contributed by atoms with E-state index in [-0.39, 0.29) is 0 Å². The molecule has 2 nitrogen and oxygen atoms in total.